The normalized spacial score (nSPS) is 13.6. The molecule has 2 heteroatoms. The van der Waals surface area contributed by atoms with Gasteiger partial charge in [0.25, 0.3) is 0 Å². The molecule has 3 aromatic carbocycles. The van der Waals surface area contributed by atoms with Crippen molar-refractivity contribution < 1.29 is 4.79 Å². The van der Waals surface area contributed by atoms with Gasteiger partial charge in [0.2, 0.25) is 0 Å². The minimum Gasteiger partial charge on any atom is -0.309 e. The summed E-state index contributed by atoms with van der Waals surface area (Å²) < 4.78 is 0. The van der Waals surface area contributed by atoms with Gasteiger partial charge in [-0.2, -0.15) is 0 Å². The monoisotopic (exact) mass is 359 g/mol. The summed E-state index contributed by atoms with van der Waals surface area (Å²) in [4.78, 5) is 14.6. The molecule has 0 heterocycles. The Labute approximate surface area is 162 Å². The number of hydrogen-bond donors (Lipinski definition) is 0. The van der Waals surface area contributed by atoms with Crippen molar-refractivity contribution >= 4 is 17.1 Å². The largest absolute Gasteiger partial charge is 0.309 e. The maximum atomic E-state index is 12.4. The first-order chi connectivity index (χ1) is 13.1. The van der Waals surface area contributed by atoms with Crippen LogP contribution in [0, 0.1) is 5.41 Å². The van der Waals surface area contributed by atoms with Gasteiger partial charge in [0, 0.05) is 5.41 Å². The summed E-state index contributed by atoms with van der Waals surface area (Å²) in [5, 5.41) is 2.50. The molecule has 0 N–H and O–H groups in total. The zero-order chi connectivity index (χ0) is 19.1. The lowest BCUT2D eigenvalue weighted by atomic mass is 9.74. The molecule has 0 saturated heterocycles. The molecule has 0 fully saturated rings. The predicted octanol–water partition coefficient (Wildman–Crippen LogP) is 5.15. The van der Waals surface area contributed by atoms with Crippen LogP contribution in [0.4, 0.5) is 0 Å². The Kier molecular flexibility index (Phi) is 6.41. The second-order valence-corrected chi connectivity index (χ2v) is 7.86. The lowest BCUT2D eigenvalue weighted by Gasteiger charge is -2.30. The molecule has 3 aromatic rings. The molecule has 0 spiro atoms. The molecule has 3 rings (SSSR count). The van der Waals surface area contributed by atoms with E-state index in [9.17, 15) is 4.79 Å². The van der Waals surface area contributed by atoms with E-state index < -0.39 is 0 Å². The van der Waals surface area contributed by atoms with Gasteiger partial charge in [0.15, 0.2) is 0 Å². The molecule has 0 aliphatic carbocycles. The smallest absolute Gasteiger partial charge is 0.126 e. The van der Waals surface area contributed by atoms with E-state index in [0.29, 0.717) is 0 Å². The van der Waals surface area contributed by atoms with E-state index in [-0.39, 0.29) is 5.41 Å². The maximum Gasteiger partial charge on any atom is 0.126 e. The first-order valence-corrected chi connectivity index (χ1v) is 9.73. The number of hydrogen-bond acceptors (Lipinski definition) is 2. The summed E-state index contributed by atoms with van der Waals surface area (Å²) in [7, 11) is 4.18. The fourth-order valence-electron chi connectivity index (χ4n) is 3.96. The van der Waals surface area contributed by atoms with Gasteiger partial charge in [-0.25, -0.2) is 0 Å². The van der Waals surface area contributed by atoms with Crippen molar-refractivity contribution in [3.8, 4) is 0 Å². The molecule has 2 nitrogen and oxygen atoms in total. The molecule has 1 unspecified atom stereocenters. The average molecular weight is 360 g/mol. The highest BCUT2D eigenvalue weighted by molar-refractivity contribution is 5.86. The van der Waals surface area contributed by atoms with E-state index in [1.807, 2.05) is 6.07 Å². The minimum atomic E-state index is -0.374. The van der Waals surface area contributed by atoms with E-state index in [1.165, 1.54) is 28.2 Å². The van der Waals surface area contributed by atoms with E-state index in [4.69, 9.17) is 0 Å². The Balaban J connectivity index is 1.93. The number of carbonyl (C=O) groups is 1. The van der Waals surface area contributed by atoms with Crippen molar-refractivity contribution in [2.45, 2.75) is 25.7 Å². The van der Waals surface area contributed by atoms with Crippen LogP contribution in [0.5, 0.6) is 0 Å². The Hall–Kier alpha value is -2.45. The van der Waals surface area contributed by atoms with Crippen LogP contribution in [0.3, 0.4) is 0 Å². The predicted molar refractivity (Wildman–Crippen MR) is 114 cm³/mol. The summed E-state index contributed by atoms with van der Waals surface area (Å²) in [6, 6.07) is 25.3. The van der Waals surface area contributed by atoms with Gasteiger partial charge in [-0.3, -0.25) is 0 Å². The number of carbonyl (C=O) groups excluding carboxylic acids is 1. The van der Waals surface area contributed by atoms with Gasteiger partial charge in [-0.05, 0) is 68.2 Å². The third-order valence-corrected chi connectivity index (χ3v) is 5.35. The van der Waals surface area contributed by atoms with Crippen LogP contribution in [0.2, 0.25) is 0 Å². The number of rotatable bonds is 9. The second-order valence-electron chi connectivity index (χ2n) is 7.86. The fourth-order valence-corrected chi connectivity index (χ4v) is 3.96. The van der Waals surface area contributed by atoms with Gasteiger partial charge in [-0.1, -0.05) is 72.8 Å². The summed E-state index contributed by atoms with van der Waals surface area (Å²) >= 11 is 0. The Morgan fingerprint density at radius 3 is 2.30 bits per heavy atom. The number of nitrogens with zero attached hydrogens (tertiary/aromatic N) is 1. The molecule has 1 atom stereocenters. The SMILES string of the molecule is CN(C)CCCC(C=O)(Cc1ccccc1)Cc1cccc2ccccc12. The lowest BCUT2D eigenvalue weighted by Crippen LogP contribution is -2.30. The molecule has 0 aromatic heterocycles. The number of aldehydes is 1. The van der Waals surface area contributed by atoms with E-state index >= 15 is 0 Å². The topological polar surface area (TPSA) is 20.3 Å². The maximum absolute atomic E-state index is 12.4. The Bertz CT molecular complexity index is 866. The van der Waals surface area contributed by atoms with Gasteiger partial charge in [0.1, 0.15) is 6.29 Å². The molecular formula is C25H29NO. The Morgan fingerprint density at radius 2 is 1.56 bits per heavy atom. The number of fused-ring (bicyclic) bond motifs is 1. The third kappa shape index (κ3) is 5.05. The summed E-state index contributed by atoms with van der Waals surface area (Å²) in [5.74, 6) is 0. The van der Waals surface area contributed by atoms with Gasteiger partial charge < -0.3 is 9.69 Å². The molecular weight excluding hydrogens is 330 g/mol. The molecule has 0 saturated carbocycles. The highest BCUT2D eigenvalue weighted by atomic mass is 16.1. The minimum absolute atomic E-state index is 0.374. The average Bonchev–Trinajstić information content (AvgIpc) is 2.68. The van der Waals surface area contributed by atoms with Crippen molar-refractivity contribution in [2.24, 2.45) is 5.41 Å². The highest BCUT2D eigenvalue weighted by Crippen LogP contribution is 2.33. The van der Waals surface area contributed by atoms with Gasteiger partial charge in [-0.15, -0.1) is 0 Å². The van der Waals surface area contributed by atoms with Crippen LogP contribution in [0.15, 0.2) is 72.8 Å². The van der Waals surface area contributed by atoms with E-state index in [1.54, 1.807) is 0 Å². The van der Waals surface area contributed by atoms with Gasteiger partial charge >= 0.3 is 0 Å². The van der Waals surface area contributed by atoms with Crippen LogP contribution in [0.25, 0.3) is 10.8 Å². The zero-order valence-corrected chi connectivity index (χ0v) is 16.4. The van der Waals surface area contributed by atoms with Crippen molar-refractivity contribution in [1.29, 1.82) is 0 Å². The zero-order valence-electron chi connectivity index (χ0n) is 16.4. The highest BCUT2D eigenvalue weighted by Gasteiger charge is 2.30. The quantitative estimate of drug-likeness (QED) is 0.492. The molecule has 140 valence electrons. The third-order valence-electron chi connectivity index (χ3n) is 5.35. The Morgan fingerprint density at radius 1 is 0.852 bits per heavy atom. The van der Waals surface area contributed by atoms with Crippen molar-refractivity contribution in [1.82, 2.24) is 4.90 Å². The molecule has 0 aliphatic rings. The molecule has 0 radical (unpaired) electrons. The fraction of sp³-hybridized carbons (Fsp3) is 0.320. The van der Waals surface area contributed by atoms with Crippen LogP contribution in [-0.2, 0) is 17.6 Å². The molecule has 0 aliphatic heterocycles. The van der Waals surface area contributed by atoms with Crippen molar-refractivity contribution in [3.05, 3.63) is 83.9 Å². The van der Waals surface area contributed by atoms with Crippen LogP contribution < -0.4 is 0 Å². The standard InChI is InChI=1S/C25H29NO/c1-26(2)17-9-16-25(20-27,18-21-10-4-3-5-11-21)19-23-14-8-13-22-12-6-7-15-24(22)23/h3-8,10-15,20H,9,16-19H2,1-2H3. The van der Waals surface area contributed by atoms with Crippen LogP contribution >= 0.6 is 0 Å². The first-order valence-electron chi connectivity index (χ1n) is 9.73. The van der Waals surface area contributed by atoms with Crippen molar-refractivity contribution in [3.63, 3.8) is 0 Å². The molecule has 27 heavy (non-hydrogen) atoms. The summed E-state index contributed by atoms with van der Waals surface area (Å²) in [6.45, 7) is 1.000. The van der Waals surface area contributed by atoms with E-state index in [2.05, 4.69) is 85.7 Å². The van der Waals surface area contributed by atoms with Crippen molar-refractivity contribution in [2.75, 3.05) is 20.6 Å². The number of benzene rings is 3. The van der Waals surface area contributed by atoms with Crippen LogP contribution in [0.1, 0.15) is 24.0 Å². The molecule has 0 amide bonds. The first kappa shape index (κ1) is 19.3. The van der Waals surface area contributed by atoms with Gasteiger partial charge in [0.05, 0.1) is 0 Å². The second kappa shape index (κ2) is 8.96. The summed E-state index contributed by atoms with van der Waals surface area (Å²) in [5.41, 5.74) is 2.12. The lowest BCUT2D eigenvalue weighted by molar-refractivity contribution is -0.116. The molecule has 0 bridgehead atoms. The van der Waals surface area contributed by atoms with Crippen LogP contribution in [-0.4, -0.2) is 31.8 Å². The summed E-state index contributed by atoms with van der Waals surface area (Å²) in [6.07, 6.45) is 4.70. The van der Waals surface area contributed by atoms with E-state index in [0.717, 1.165) is 32.2 Å².